The molecular weight excluding hydrogens is 483 g/mol. The van der Waals surface area contributed by atoms with Crippen molar-refractivity contribution in [2.75, 3.05) is 7.05 Å². The smallest absolute Gasteiger partial charge is 0.142 e. The zero-order valence-corrected chi connectivity index (χ0v) is 18.8. The molecule has 0 aliphatic carbocycles. The fourth-order valence-corrected chi connectivity index (χ4v) is 5.46. The van der Waals surface area contributed by atoms with Crippen molar-refractivity contribution in [3.63, 3.8) is 0 Å². The maximum atomic E-state index is 5.95. The van der Waals surface area contributed by atoms with Crippen LogP contribution in [0.5, 0.6) is 0 Å². The molecule has 28 heavy (non-hydrogen) atoms. The minimum Gasteiger partial charge on any atom is -0.360 e. The number of nitrogens with zero attached hydrogens (tertiary/aromatic N) is 2. The molecule has 2 aliphatic heterocycles. The van der Waals surface area contributed by atoms with E-state index in [-0.39, 0.29) is 12.4 Å². The van der Waals surface area contributed by atoms with Gasteiger partial charge >= 0.3 is 0 Å². The molecule has 3 heterocycles. The number of benzene rings is 2. The number of aromatic nitrogens is 1. The predicted molar refractivity (Wildman–Crippen MR) is 123 cm³/mol. The molecule has 0 unspecified atom stereocenters. The first-order chi connectivity index (χ1) is 13.2. The van der Waals surface area contributed by atoms with E-state index in [0.29, 0.717) is 23.9 Å². The normalized spacial score (nSPS) is 26.8. The summed E-state index contributed by atoms with van der Waals surface area (Å²) in [5, 5.41) is 4.42. The van der Waals surface area contributed by atoms with E-state index in [9.17, 15) is 0 Å². The number of hydrogen-bond donors (Lipinski definition) is 0. The number of hydrogen-bond acceptors (Lipinski definition) is 3. The molecule has 0 spiro atoms. The summed E-state index contributed by atoms with van der Waals surface area (Å²) in [7, 11) is 2.29. The van der Waals surface area contributed by atoms with Crippen LogP contribution in [0.4, 0.5) is 0 Å². The minimum atomic E-state index is 0. The van der Waals surface area contributed by atoms with E-state index in [0.717, 1.165) is 17.0 Å². The van der Waals surface area contributed by atoms with Gasteiger partial charge in [-0.1, -0.05) is 47.6 Å². The number of piperidine rings is 1. The van der Waals surface area contributed by atoms with Crippen molar-refractivity contribution in [1.29, 1.82) is 0 Å². The van der Waals surface area contributed by atoms with E-state index in [1.165, 1.54) is 28.4 Å². The van der Waals surface area contributed by atoms with Crippen LogP contribution >= 0.6 is 35.0 Å². The summed E-state index contributed by atoms with van der Waals surface area (Å²) in [5.41, 5.74) is 3.49. The zero-order valence-electron chi connectivity index (χ0n) is 15.8. The van der Waals surface area contributed by atoms with Crippen LogP contribution in [0.3, 0.4) is 0 Å². The van der Waals surface area contributed by atoms with Crippen molar-refractivity contribution in [2.45, 2.75) is 43.2 Å². The zero-order chi connectivity index (χ0) is 18.4. The second-order valence-electron chi connectivity index (χ2n) is 7.86. The highest BCUT2D eigenvalue weighted by Gasteiger charge is 2.48. The quantitative estimate of drug-likeness (QED) is 0.402. The van der Waals surface area contributed by atoms with Crippen molar-refractivity contribution in [3.8, 4) is 11.3 Å². The van der Waals surface area contributed by atoms with Crippen LogP contribution in [0.15, 0.2) is 65.2 Å². The summed E-state index contributed by atoms with van der Waals surface area (Å²) in [6, 6.07) is 22.8. The summed E-state index contributed by atoms with van der Waals surface area (Å²) in [6.07, 6.45) is 3.73. The molecule has 2 saturated heterocycles. The first kappa shape index (κ1) is 19.9. The fourth-order valence-electron chi connectivity index (χ4n) is 5.10. The average molecular weight is 507 g/mol. The van der Waals surface area contributed by atoms with Crippen LogP contribution in [-0.4, -0.2) is 29.2 Å². The Hall–Kier alpha value is -1.37. The molecule has 2 aromatic carbocycles. The van der Waals surface area contributed by atoms with E-state index in [1.807, 2.05) is 18.2 Å². The van der Waals surface area contributed by atoms with Crippen molar-refractivity contribution < 1.29 is 4.52 Å². The lowest BCUT2D eigenvalue weighted by molar-refractivity contribution is 0.122. The van der Waals surface area contributed by atoms with E-state index >= 15 is 0 Å². The molecule has 2 fully saturated rings. The highest BCUT2D eigenvalue weighted by Crippen LogP contribution is 2.51. The van der Waals surface area contributed by atoms with Crippen LogP contribution in [0.2, 0.25) is 0 Å². The molecule has 5 rings (SSSR count). The summed E-state index contributed by atoms with van der Waals surface area (Å²) in [4.78, 5) is 2.58. The number of likely N-dealkylation sites (N-methyl/N-ethyl adjacent to an activating group) is 1. The largest absolute Gasteiger partial charge is 0.360 e. The Morgan fingerprint density at radius 3 is 2.54 bits per heavy atom. The Labute approximate surface area is 186 Å². The van der Waals surface area contributed by atoms with Gasteiger partial charge in [-0.05, 0) is 72.5 Å². The molecular formula is C23H24ClIN2O. The monoisotopic (exact) mass is 506 g/mol. The maximum Gasteiger partial charge on any atom is 0.142 e. The van der Waals surface area contributed by atoms with Gasteiger partial charge in [0.15, 0.2) is 0 Å². The van der Waals surface area contributed by atoms with Crippen molar-refractivity contribution >= 4 is 35.0 Å². The molecule has 146 valence electrons. The van der Waals surface area contributed by atoms with E-state index < -0.39 is 0 Å². The lowest BCUT2D eigenvalue weighted by atomic mass is 9.75. The van der Waals surface area contributed by atoms with Crippen molar-refractivity contribution in [2.24, 2.45) is 0 Å². The SMILES string of the molecule is CN1[C@H]2CC[C@@H]1[C@@H](c1cc(-c3ccccc3)no1)[C@@H](c1ccc(I)cc1)C2.Cl. The number of halogens is 2. The van der Waals surface area contributed by atoms with Crippen molar-refractivity contribution in [1.82, 2.24) is 10.1 Å². The topological polar surface area (TPSA) is 29.3 Å². The predicted octanol–water partition coefficient (Wildman–Crippen LogP) is 6.10. The Morgan fingerprint density at radius 1 is 1.04 bits per heavy atom. The number of fused-ring (bicyclic) bond motifs is 2. The lowest BCUT2D eigenvalue weighted by Gasteiger charge is -2.42. The third-order valence-corrected chi connectivity index (χ3v) is 7.21. The molecule has 2 aliphatic rings. The second kappa shape index (κ2) is 8.17. The highest BCUT2D eigenvalue weighted by molar-refractivity contribution is 14.1. The third-order valence-electron chi connectivity index (χ3n) is 6.49. The van der Waals surface area contributed by atoms with Gasteiger partial charge in [0.05, 0.1) is 0 Å². The second-order valence-corrected chi connectivity index (χ2v) is 9.11. The number of rotatable bonds is 3. The molecule has 0 radical (unpaired) electrons. The molecule has 4 atom stereocenters. The Morgan fingerprint density at radius 2 is 1.79 bits per heavy atom. The van der Waals surface area contributed by atoms with Crippen LogP contribution in [0, 0.1) is 3.57 Å². The van der Waals surface area contributed by atoms with Gasteiger partial charge in [-0.2, -0.15) is 0 Å². The van der Waals surface area contributed by atoms with Gasteiger partial charge in [0.2, 0.25) is 0 Å². The van der Waals surface area contributed by atoms with Crippen LogP contribution in [-0.2, 0) is 0 Å². The molecule has 0 amide bonds. The first-order valence-electron chi connectivity index (χ1n) is 9.70. The molecule has 0 N–H and O–H groups in total. The Bertz CT molecular complexity index is 927. The Balaban J connectivity index is 0.00000192. The highest BCUT2D eigenvalue weighted by atomic mass is 127. The van der Waals surface area contributed by atoms with E-state index in [4.69, 9.17) is 4.52 Å². The van der Waals surface area contributed by atoms with Gasteiger partial charge in [0.1, 0.15) is 11.5 Å². The summed E-state index contributed by atoms with van der Waals surface area (Å²) < 4.78 is 7.24. The van der Waals surface area contributed by atoms with E-state index in [2.05, 4.69) is 82.2 Å². The van der Waals surface area contributed by atoms with Gasteiger partial charge in [-0.3, -0.25) is 4.90 Å². The summed E-state index contributed by atoms with van der Waals surface area (Å²) in [5.74, 6) is 1.89. The first-order valence-corrected chi connectivity index (χ1v) is 10.8. The maximum absolute atomic E-state index is 5.95. The standard InChI is InChI=1S/C23H23IN2O.ClH/c1-26-18-11-12-21(26)23(19(13-18)15-7-9-17(24)10-8-15)22-14-20(25-27-22)16-5-3-2-4-6-16;/h2-10,14,18-19,21,23H,11-13H2,1H3;1H/t18-,19+,21+,23-;/m0./s1. The van der Waals surface area contributed by atoms with Crippen molar-refractivity contribution in [3.05, 3.63) is 75.6 Å². The lowest BCUT2D eigenvalue weighted by Crippen LogP contribution is -2.44. The van der Waals surface area contributed by atoms with Crippen LogP contribution < -0.4 is 0 Å². The van der Waals surface area contributed by atoms with Crippen LogP contribution in [0.25, 0.3) is 11.3 Å². The summed E-state index contributed by atoms with van der Waals surface area (Å²) in [6.45, 7) is 0. The molecule has 5 heteroatoms. The van der Waals surface area contributed by atoms with Crippen LogP contribution in [0.1, 0.15) is 42.4 Å². The average Bonchev–Trinajstić information content (AvgIpc) is 3.26. The third kappa shape index (κ3) is 3.51. The van der Waals surface area contributed by atoms with E-state index in [1.54, 1.807) is 0 Å². The fraction of sp³-hybridized carbons (Fsp3) is 0.348. The Kier molecular flexibility index (Phi) is 5.81. The minimum absolute atomic E-state index is 0. The molecule has 3 nitrogen and oxygen atoms in total. The molecule has 2 bridgehead atoms. The molecule has 1 aromatic heterocycles. The van der Waals surface area contributed by atoms with Gasteiger partial charge < -0.3 is 4.52 Å². The van der Waals surface area contributed by atoms with Gasteiger partial charge in [0, 0.05) is 33.2 Å². The summed E-state index contributed by atoms with van der Waals surface area (Å²) >= 11 is 2.38. The van der Waals surface area contributed by atoms with Gasteiger partial charge in [0.25, 0.3) is 0 Å². The molecule has 3 aromatic rings. The van der Waals surface area contributed by atoms with Gasteiger partial charge in [-0.25, -0.2) is 0 Å². The molecule has 0 saturated carbocycles. The van der Waals surface area contributed by atoms with Gasteiger partial charge in [-0.15, -0.1) is 12.4 Å².